The topological polar surface area (TPSA) is 46.9 Å². The molecule has 138 valence electrons. The van der Waals surface area contributed by atoms with Crippen LogP contribution in [0.2, 0.25) is 0 Å². The molecule has 4 rings (SSSR count). The zero-order chi connectivity index (χ0) is 18.1. The molecule has 4 atom stereocenters. The molecule has 6 heteroatoms. The van der Waals surface area contributed by atoms with Crippen LogP contribution in [0.3, 0.4) is 0 Å². The van der Waals surface area contributed by atoms with Crippen LogP contribution in [-0.2, 0) is 4.79 Å². The number of amides is 1. The number of hydrogen-bond acceptors (Lipinski definition) is 3. The second-order valence-corrected chi connectivity index (χ2v) is 8.49. The van der Waals surface area contributed by atoms with Gasteiger partial charge in [-0.2, -0.15) is 0 Å². The Labute approximate surface area is 157 Å². The normalized spacial score (nSPS) is 25.4. The van der Waals surface area contributed by atoms with Gasteiger partial charge in [-0.15, -0.1) is 0 Å². The van der Waals surface area contributed by atoms with Crippen molar-refractivity contribution in [2.45, 2.75) is 43.8 Å². The van der Waals surface area contributed by atoms with Gasteiger partial charge in [-0.05, 0) is 62.1 Å². The lowest BCUT2D eigenvalue weighted by Gasteiger charge is -2.28. The molecule has 4 unspecified atom stereocenters. The first-order valence-electron chi connectivity index (χ1n) is 9.31. The van der Waals surface area contributed by atoms with Gasteiger partial charge in [-0.25, -0.2) is 9.37 Å². The van der Waals surface area contributed by atoms with E-state index in [2.05, 4.69) is 17.2 Å². The van der Waals surface area contributed by atoms with E-state index in [4.69, 9.17) is 0 Å². The molecule has 0 saturated heterocycles. The SMILES string of the molecule is CC(NC(=O)CSc1nccn1-c1cccc(F)c1)C1CC2CCC1C2. The molecule has 2 aromatic rings. The van der Waals surface area contributed by atoms with Gasteiger partial charge in [0.2, 0.25) is 5.91 Å². The van der Waals surface area contributed by atoms with Crippen molar-refractivity contribution in [2.75, 3.05) is 5.75 Å². The summed E-state index contributed by atoms with van der Waals surface area (Å²) in [6.07, 6.45) is 8.78. The molecule has 1 aromatic heterocycles. The maximum atomic E-state index is 13.5. The van der Waals surface area contributed by atoms with Crippen LogP contribution < -0.4 is 5.32 Å². The first-order chi connectivity index (χ1) is 12.6. The average Bonchev–Trinajstić information content (AvgIpc) is 3.36. The van der Waals surface area contributed by atoms with E-state index < -0.39 is 0 Å². The summed E-state index contributed by atoms with van der Waals surface area (Å²) >= 11 is 1.38. The number of aromatic nitrogens is 2. The molecule has 0 aliphatic heterocycles. The lowest BCUT2D eigenvalue weighted by molar-refractivity contribution is -0.119. The molecular formula is C20H24FN3OS. The number of hydrogen-bond donors (Lipinski definition) is 1. The molecule has 1 aromatic carbocycles. The van der Waals surface area contributed by atoms with Crippen LogP contribution in [0.15, 0.2) is 41.8 Å². The third-order valence-electron chi connectivity index (χ3n) is 5.85. The van der Waals surface area contributed by atoms with Crippen LogP contribution in [-0.4, -0.2) is 27.3 Å². The third-order valence-corrected chi connectivity index (χ3v) is 6.82. The quantitative estimate of drug-likeness (QED) is 0.777. The minimum absolute atomic E-state index is 0.0408. The van der Waals surface area contributed by atoms with Gasteiger partial charge in [0.1, 0.15) is 5.82 Å². The Morgan fingerprint density at radius 2 is 2.31 bits per heavy atom. The van der Waals surface area contributed by atoms with Crippen molar-refractivity contribution >= 4 is 17.7 Å². The van der Waals surface area contributed by atoms with Crippen LogP contribution >= 0.6 is 11.8 Å². The fraction of sp³-hybridized carbons (Fsp3) is 0.500. The first-order valence-corrected chi connectivity index (χ1v) is 10.3. The van der Waals surface area contributed by atoms with Crippen molar-refractivity contribution in [1.82, 2.24) is 14.9 Å². The second-order valence-electron chi connectivity index (χ2n) is 7.54. The summed E-state index contributed by atoms with van der Waals surface area (Å²) in [7, 11) is 0. The van der Waals surface area contributed by atoms with E-state index in [0.29, 0.717) is 22.5 Å². The Bertz CT molecular complexity index is 793. The van der Waals surface area contributed by atoms with Crippen LogP contribution in [0.25, 0.3) is 5.69 Å². The predicted molar refractivity (Wildman–Crippen MR) is 101 cm³/mol. The Morgan fingerprint density at radius 3 is 3.04 bits per heavy atom. The van der Waals surface area contributed by atoms with E-state index in [-0.39, 0.29) is 17.8 Å². The summed E-state index contributed by atoms with van der Waals surface area (Å²) < 4.78 is 15.3. The summed E-state index contributed by atoms with van der Waals surface area (Å²) in [6, 6.07) is 6.61. The van der Waals surface area contributed by atoms with Gasteiger partial charge >= 0.3 is 0 Å². The lowest BCUT2D eigenvalue weighted by atomic mass is 9.84. The highest BCUT2D eigenvalue weighted by molar-refractivity contribution is 7.99. The molecule has 1 heterocycles. The van der Waals surface area contributed by atoms with Gasteiger partial charge in [-0.1, -0.05) is 24.2 Å². The molecule has 2 fully saturated rings. The van der Waals surface area contributed by atoms with E-state index in [1.807, 2.05) is 6.07 Å². The fourth-order valence-electron chi connectivity index (χ4n) is 4.66. The number of thioether (sulfide) groups is 1. The van der Waals surface area contributed by atoms with E-state index in [1.54, 1.807) is 23.0 Å². The van der Waals surface area contributed by atoms with Crippen molar-refractivity contribution in [1.29, 1.82) is 0 Å². The van der Waals surface area contributed by atoms with E-state index in [9.17, 15) is 9.18 Å². The number of nitrogens with one attached hydrogen (secondary N) is 1. The van der Waals surface area contributed by atoms with Crippen LogP contribution in [0.1, 0.15) is 32.6 Å². The molecular weight excluding hydrogens is 349 g/mol. The van der Waals surface area contributed by atoms with E-state index in [1.165, 1.54) is 49.6 Å². The van der Waals surface area contributed by atoms with Gasteiger partial charge in [-0.3, -0.25) is 9.36 Å². The van der Waals surface area contributed by atoms with Crippen molar-refractivity contribution in [3.05, 3.63) is 42.5 Å². The highest BCUT2D eigenvalue weighted by atomic mass is 32.2. The van der Waals surface area contributed by atoms with Gasteiger partial charge in [0, 0.05) is 18.4 Å². The standard InChI is InChI=1S/C20H24FN3OS/c1-13(18-10-14-5-6-15(18)9-14)23-19(25)12-26-20-22-7-8-24(20)17-4-2-3-16(21)11-17/h2-4,7-8,11,13-15,18H,5-6,9-10,12H2,1H3,(H,23,25). The molecule has 1 amide bonds. The molecule has 0 radical (unpaired) electrons. The number of benzene rings is 1. The summed E-state index contributed by atoms with van der Waals surface area (Å²) in [5.74, 6) is 2.39. The van der Waals surface area contributed by atoms with Crippen LogP contribution in [0, 0.1) is 23.6 Å². The summed E-state index contributed by atoms with van der Waals surface area (Å²) in [4.78, 5) is 16.7. The van der Waals surface area contributed by atoms with Crippen molar-refractivity contribution in [3.63, 3.8) is 0 Å². The number of rotatable bonds is 6. The van der Waals surface area contributed by atoms with Crippen molar-refractivity contribution < 1.29 is 9.18 Å². The average molecular weight is 373 g/mol. The number of imidazole rings is 1. The lowest BCUT2D eigenvalue weighted by Crippen LogP contribution is -2.40. The monoisotopic (exact) mass is 373 g/mol. The van der Waals surface area contributed by atoms with Gasteiger partial charge in [0.05, 0.1) is 11.4 Å². The maximum Gasteiger partial charge on any atom is 0.230 e. The first kappa shape index (κ1) is 17.6. The predicted octanol–water partition coefficient (Wildman–Crippen LogP) is 4.04. The van der Waals surface area contributed by atoms with Gasteiger partial charge in [0.15, 0.2) is 5.16 Å². The highest BCUT2D eigenvalue weighted by Gasteiger charge is 2.42. The van der Waals surface area contributed by atoms with Crippen LogP contribution in [0.5, 0.6) is 0 Å². The number of halogens is 1. The summed E-state index contributed by atoms with van der Waals surface area (Å²) in [6.45, 7) is 2.14. The minimum Gasteiger partial charge on any atom is -0.353 e. The number of fused-ring (bicyclic) bond motifs is 2. The molecule has 4 nitrogen and oxygen atoms in total. The van der Waals surface area contributed by atoms with Gasteiger partial charge < -0.3 is 5.32 Å². The Kier molecular flexibility index (Phi) is 5.02. The fourth-order valence-corrected chi connectivity index (χ4v) is 5.44. The number of nitrogens with zero attached hydrogens (tertiary/aromatic N) is 2. The molecule has 2 bridgehead atoms. The Morgan fingerprint density at radius 1 is 1.42 bits per heavy atom. The zero-order valence-electron chi connectivity index (χ0n) is 14.9. The van der Waals surface area contributed by atoms with Crippen LogP contribution in [0.4, 0.5) is 4.39 Å². The molecule has 1 N–H and O–H groups in total. The zero-order valence-corrected chi connectivity index (χ0v) is 15.7. The summed E-state index contributed by atoms with van der Waals surface area (Å²) in [5.41, 5.74) is 0.709. The third kappa shape index (κ3) is 3.65. The van der Waals surface area contributed by atoms with Gasteiger partial charge in [0.25, 0.3) is 0 Å². The summed E-state index contributed by atoms with van der Waals surface area (Å²) in [5, 5.41) is 3.87. The van der Waals surface area contributed by atoms with E-state index >= 15 is 0 Å². The molecule has 2 saturated carbocycles. The number of carbonyl (C=O) groups excluding carboxylic acids is 1. The van der Waals surface area contributed by atoms with Crippen molar-refractivity contribution in [2.24, 2.45) is 17.8 Å². The minimum atomic E-state index is -0.287. The maximum absolute atomic E-state index is 13.5. The molecule has 2 aliphatic rings. The second kappa shape index (κ2) is 7.43. The Balaban J connectivity index is 1.33. The Hall–Kier alpha value is -1.82. The highest BCUT2D eigenvalue weighted by Crippen LogP contribution is 2.49. The largest absolute Gasteiger partial charge is 0.353 e. The molecule has 0 spiro atoms. The van der Waals surface area contributed by atoms with E-state index in [0.717, 1.165) is 11.8 Å². The molecule has 2 aliphatic carbocycles. The molecule has 26 heavy (non-hydrogen) atoms. The number of carbonyl (C=O) groups is 1. The smallest absolute Gasteiger partial charge is 0.230 e. The van der Waals surface area contributed by atoms with Crippen molar-refractivity contribution in [3.8, 4) is 5.69 Å².